The van der Waals surface area contributed by atoms with E-state index in [-0.39, 0.29) is 0 Å². The van der Waals surface area contributed by atoms with Crippen molar-refractivity contribution >= 4 is 5.91 Å². The van der Waals surface area contributed by atoms with Crippen molar-refractivity contribution in [2.75, 3.05) is 20.2 Å². The van der Waals surface area contributed by atoms with E-state index in [1.807, 2.05) is 6.92 Å². The number of benzene rings is 1. The van der Waals surface area contributed by atoms with Crippen LogP contribution in [0.3, 0.4) is 0 Å². The Balaban J connectivity index is 2.57. The zero-order valence-corrected chi connectivity index (χ0v) is 11.8. The lowest BCUT2D eigenvalue weighted by Gasteiger charge is -2.10. The van der Waals surface area contributed by atoms with E-state index < -0.39 is 29.9 Å². The Kier molecular flexibility index (Phi) is 6.93. The minimum atomic E-state index is -0.809. The fourth-order valence-electron chi connectivity index (χ4n) is 1.65. The molecule has 2 N–H and O–H groups in total. The molecule has 0 saturated heterocycles. The van der Waals surface area contributed by atoms with Crippen molar-refractivity contribution in [3.05, 3.63) is 29.3 Å². The fourth-order valence-corrected chi connectivity index (χ4v) is 1.65. The number of unbranched alkanes of at least 4 members (excludes halogenated alkanes) is 1. The molecule has 112 valence electrons. The van der Waals surface area contributed by atoms with Gasteiger partial charge in [-0.15, -0.1) is 0 Å². The van der Waals surface area contributed by atoms with Crippen LogP contribution >= 0.6 is 0 Å². The second kappa shape index (κ2) is 8.47. The quantitative estimate of drug-likeness (QED) is 0.718. The Hall–Kier alpha value is -1.69. The molecule has 1 rings (SSSR count). The molecular formula is C14H20F2N2O2. The van der Waals surface area contributed by atoms with Crippen molar-refractivity contribution in [3.8, 4) is 5.75 Å². The maximum absolute atomic E-state index is 13.7. The lowest BCUT2D eigenvalue weighted by atomic mass is 10.2. The average molecular weight is 286 g/mol. The Bertz CT molecular complexity index is 430. The van der Waals surface area contributed by atoms with Gasteiger partial charge < -0.3 is 15.4 Å². The van der Waals surface area contributed by atoms with E-state index in [1.165, 1.54) is 12.1 Å². The number of hydrogen-bond acceptors (Lipinski definition) is 3. The van der Waals surface area contributed by atoms with Crippen LogP contribution in [-0.2, 0) is 11.3 Å². The highest BCUT2D eigenvalue weighted by Gasteiger charge is 2.14. The first-order valence-corrected chi connectivity index (χ1v) is 6.60. The van der Waals surface area contributed by atoms with Crippen molar-refractivity contribution < 1.29 is 18.3 Å². The van der Waals surface area contributed by atoms with Crippen LogP contribution in [0.2, 0.25) is 0 Å². The zero-order chi connectivity index (χ0) is 15.0. The summed E-state index contributed by atoms with van der Waals surface area (Å²) in [5.41, 5.74) is 0.474. The number of ether oxygens (including phenoxy) is 1. The highest BCUT2D eigenvalue weighted by molar-refractivity contribution is 5.77. The molecule has 0 aliphatic heterocycles. The van der Waals surface area contributed by atoms with Crippen LogP contribution in [0.5, 0.6) is 5.75 Å². The third-order valence-electron chi connectivity index (χ3n) is 2.64. The molecule has 0 heterocycles. The molecule has 1 amide bonds. The standard InChI is InChI=1S/C14H20F2N2O2/c1-3-4-5-18-13(19)9-20-14-11(15)6-10(8-17-2)7-12(14)16/h6-7,17H,3-5,8-9H2,1-2H3,(H,18,19). The van der Waals surface area contributed by atoms with E-state index in [2.05, 4.69) is 10.6 Å². The molecule has 0 fully saturated rings. The second-order valence-corrected chi connectivity index (χ2v) is 4.41. The van der Waals surface area contributed by atoms with Gasteiger partial charge in [0.15, 0.2) is 24.0 Å². The van der Waals surface area contributed by atoms with Gasteiger partial charge in [-0.1, -0.05) is 13.3 Å². The number of carbonyl (C=O) groups excluding carboxylic acids is 1. The van der Waals surface area contributed by atoms with Gasteiger partial charge in [0.1, 0.15) is 0 Å². The normalized spacial score (nSPS) is 10.4. The summed E-state index contributed by atoms with van der Waals surface area (Å²) in [5.74, 6) is -2.53. The van der Waals surface area contributed by atoms with Gasteiger partial charge in [-0.2, -0.15) is 0 Å². The molecule has 0 atom stereocenters. The summed E-state index contributed by atoms with van der Waals surface area (Å²) in [6.07, 6.45) is 1.81. The second-order valence-electron chi connectivity index (χ2n) is 4.41. The number of hydrogen-bond donors (Lipinski definition) is 2. The number of nitrogens with one attached hydrogen (secondary N) is 2. The van der Waals surface area contributed by atoms with E-state index in [9.17, 15) is 13.6 Å². The Morgan fingerprint density at radius 1 is 1.30 bits per heavy atom. The highest BCUT2D eigenvalue weighted by Crippen LogP contribution is 2.23. The molecule has 4 nitrogen and oxygen atoms in total. The van der Waals surface area contributed by atoms with Crippen molar-refractivity contribution in [2.45, 2.75) is 26.3 Å². The predicted octanol–water partition coefficient (Wildman–Crippen LogP) is 1.98. The van der Waals surface area contributed by atoms with Crippen LogP contribution in [0.1, 0.15) is 25.3 Å². The van der Waals surface area contributed by atoms with Crippen molar-refractivity contribution in [1.82, 2.24) is 10.6 Å². The van der Waals surface area contributed by atoms with Crippen LogP contribution in [0.15, 0.2) is 12.1 Å². The van der Waals surface area contributed by atoms with Crippen molar-refractivity contribution in [1.29, 1.82) is 0 Å². The van der Waals surface area contributed by atoms with Crippen LogP contribution in [0.4, 0.5) is 8.78 Å². The summed E-state index contributed by atoms with van der Waals surface area (Å²) in [5, 5.41) is 5.40. The molecule has 0 radical (unpaired) electrons. The number of halogens is 2. The Morgan fingerprint density at radius 3 is 2.50 bits per heavy atom. The molecule has 1 aromatic carbocycles. The first kappa shape index (κ1) is 16.4. The van der Waals surface area contributed by atoms with Gasteiger partial charge in [0.05, 0.1) is 0 Å². The van der Waals surface area contributed by atoms with Crippen LogP contribution in [-0.4, -0.2) is 26.1 Å². The summed E-state index contributed by atoms with van der Waals surface area (Å²) in [7, 11) is 1.68. The Morgan fingerprint density at radius 2 is 1.95 bits per heavy atom. The third kappa shape index (κ3) is 5.13. The highest BCUT2D eigenvalue weighted by atomic mass is 19.1. The number of amides is 1. The first-order valence-electron chi connectivity index (χ1n) is 6.60. The molecule has 0 unspecified atom stereocenters. The topological polar surface area (TPSA) is 50.4 Å². The molecule has 0 spiro atoms. The van der Waals surface area contributed by atoms with E-state index in [4.69, 9.17) is 4.74 Å². The summed E-state index contributed by atoms with van der Waals surface area (Å²) in [6.45, 7) is 2.49. The summed E-state index contributed by atoms with van der Waals surface area (Å²) in [6, 6.07) is 2.37. The summed E-state index contributed by atoms with van der Waals surface area (Å²) in [4.78, 5) is 11.4. The molecule has 20 heavy (non-hydrogen) atoms. The first-order chi connectivity index (χ1) is 9.58. The molecule has 0 aromatic heterocycles. The molecule has 6 heteroatoms. The fraction of sp³-hybridized carbons (Fsp3) is 0.500. The van der Waals surface area contributed by atoms with E-state index in [0.717, 1.165) is 12.8 Å². The lowest BCUT2D eigenvalue weighted by molar-refractivity contribution is -0.123. The summed E-state index contributed by atoms with van der Waals surface area (Å²) < 4.78 is 32.2. The molecule has 0 aliphatic carbocycles. The minimum Gasteiger partial charge on any atom is -0.478 e. The third-order valence-corrected chi connectivity index (χ3v) is 2.64. The molecular weight excluding hydrogens is 266 g/mol. The van der Waals surface area contributed by atoms with E-state index >= 15 is 0 Å². The van der Waals surface area contributed by atoms with Crippen LogP contribution in [0.25, 0.3) is 0 Å². The average Bonchev–Trinajstić information content (AvgIpc) is 2.38. The van der Waals surface area contributed by atoms with E-state index in [1.54, 1.807) is 7.05 Å². The minimum absolute atomic E-state index is 0.353. The molecule has 0 saturated carbocycles. The monoisotopic (exact) mass is 286 g/mol. The van der Waals surface area contributed by atoms with Crippen LogP contribution < -0.4 is 15.4 Å². The number of carbonyl (C=O) groups is 1. The van der Waals surface area contributed by atoms with Gasteiger partial charge >= 0.3 is 0 Å². The van der Waals surface area contributed by atoms with Crippen molar-refractivity contribution in [2.24, 2.45) is 0 Å². The molecule has 0 aliphatic rings. The number of rotatable bonds is 8. The summed E-state index contributed by atoms with van der Waals surface area (Å²) >= 11 is 0. The predicted molar refractivity (Wildman–Crippen MR) is 72.5 cm³/mol. The van der Waals surface area contributed by atoms with Crippen LogP contribution in [0, 0.1) is 11.6 Å². The largest absolute Gasteiger partial charge is 0.478 e. The smallest absolute Gasteiger partial charge is 0.257 e. The maximum atomic E-state index is 13.7. The molecule has 1 aromatic rings. The van der Waals surface area contributed by atoms with Gasteiger partial charge in [0, 0.05) is 13.1 Å². The Labute approximate surface area is 117 Å². The van der Waals surface area contributed by atoms with Crippen molar-refractivity contribution in [3.63, 3.8) is 0 Å². The lowest BCUT2D eigenvalue weighted by Crippen LogP contribution is -2.29. The zero-order valence-electron chi connectivity index (χ0n) is 11.8. The maximum Gasteiger partial charge on any atom is 0.257 e. The SMILES string of the molecule is CCCCNC(=O)COc1c(F)cc(CNC)cc1F. The van der Waals surface area contributed by atoms with E-state index in [0.29, 0.717) is 18.7 Å². The molecule has 0 bridgehead atoms. The van der Waals surface area contributed by atoms with Gasteiger partial charge in [-0.3, -0.25) is 4.79 Å². The van der Waals surface area contributed by atoms with Gasteiger partial charge in [-0.05, 0) is 31.2 Å². The van der Waals surface area contributed by atoms with Gasteiger partial charge in [0.2, 0.25) is 0 Å². The van der Waals surface area contributed by atoms with Gasteiger partial charge in [-0.25, -0.2) is 8.78 Å². The van der Waals surface area contributed by atoms with Gasteiger partial charge in [0.25, 0.3) is 5.91 Å².